The molecule has 0 radical (unpaired) electrons. The van der Waals surface area contributed by atoms with Crippen molar-refractivity contribution in [2.45, 2.75) is 31.1 Å². The molecular weight excluding hydrogens is 256 g/mol. The molecule has 0 bridgehead atoms. The predicted molar refractivity (Wildman–Crippen MR) is 76.6 cm³/mol. The maximum atomic E-state index is 6.31. The summed E-state index contributed by atoms with van der Waals surface area (Å²) in [6.07, 6.45) is 5.93. The Labute approximate surface area is 118 Å². The van der Waals surface area contributed by atoms with Crippen LogP contribution in [0.1, 0.15) is 36.9 Å². The molecule has 0 amide bonds. The van der Waals surface area contributed by atoms with Gasteiger partial charge in [-0.15, -0.1) is 5.92 Å². The summed E-state index contributed by atoms with van der Waals surface area (Å²) in [6.45, 7) is 0.614. The average molecular weight is 271 g/mol. The first-order valence-electron chi connectivity index (χ1n) is 6.59. The predicted octanol–water partition coefficient (Wildman–Crippen LogP) is 2.49. The van der Waals surface area contributed by atoms with Gasteiger partial charge in [0.2, 0.25) is 0 Å². The Hall–Kier alpha value is -1.48. The van der Waals surface area contributed by atoms with Gasteiger partial charge in [0.05, 0.1) is 16.6 Å². The van der Waals surface area contributed by atoms with Crippen molar-refractivity contribution in [3.05, 3.63) is 28.5 Å². The van der Waals surface area contributed by atoms with E-state index in [9.17, 15) is 0 Å². The molecule has 1 saturated carbocycles. The van der Waals surface area contributed by atoms with Crippen LogP contribution in [0.4, 0.5) is 0 Å². The Morgan fingerprint density at radius 2 is 2.37 bits per heavy atom. The quantitative estimate of drug-likeness (QED) is 0.839. The van der Waals surface area contributed by atoms with Crippen LogP contribution in [0.25, 0.3) is 0 Å². The molecule has 0 aromatic carbocycles. The first-order chi connectivity index (χ1) is 9.23. The summed E-state index contributed by atoms with van der Waals surface area (Å²) in [7, 11) is 0. The van der Waals surface area contributed by atoms with Crippen LogP contribution in [-0.2, 0) is 5.41 Å². The van der Waals surface area contributed by atoms with Gasteiger partial charge in [0.1, 0.15) is 0 Å². The molecule has 1 unspecified atom stereocenters. The number of halogens is 1. The SMILES string of the molecule is NCC1(c2ncc(C#CC3C#CCC3)cc2Cl)CC1. The first kappa shape index (κ1) is 12.5. The molecule has 1 aromatic heterocycles. The Morgan fingerprint density at radius 1 is 1.53 bits per heavy atom. The minimum Gasteiger partial charge on any atom is -0.330 e. The lowest BCUT2D eigenvalue weighted by Gasteiger charge is -2.13. The standard InChI is InChI=1S/C16H15ClN2/c17-14-9-13(6-5-12-3-1-2-4-12)10-19-15(14)16(11-18)7-8-16/h9-10,12H,1,3,7-8,11,18H2. The van der Waals surface area contributed by atoms with Crippen molar-refractivity contribution < 1.29 is 0 Å². The molecule has 0 saturated heterocycles. The summed E-state index contributed by atoms with van der Waals surface area (Å²) in [5, 5.41) is 0.687. The third-order valence-corrected chi connectivity index (χ3v) is 4.10. The van der Waals surface area contributed by atoms with Gasteiger partial charge in [0.15, 0.2) is 0 Å². The van der Waals surface area contributed by atoms with Gasteiger partial charge in [-0.3, -0.25) is 4.98 Å². The van der Waals surface area contributed by atoms with E-state index in [1.54, 1.807) is 6.20 Å². The van der Waals surface area contributed by atoms with Crippen LogP contribution in [-0.4, -0.2) is 11.5 Å². The van der Waals surface area contributed by atoms with Crippen LogP contribution in [0.15, 0.2) is 12.3 Å². The van der Waals surface area contributed by atoms with E-state index in [0.29, 0.717) is 11.6 Å². The number of pyridine rings is 1. The molecular formula is C16H15ClN2. The molecule has 0 aliphatic heterocycles. The Kier molecular flexibility index (Phi) is 3.23. The maximum Gasteiger partial charge on any atom is 0.0824 e. The summed E-state index contributed by atoms with van der Waals surface area (Å²) < 4.78 is 0. The number of nitrogens with zero attached hydrogens (tertiary/aromatic N) is 1. The molecule has 96 valence electrons. The third-order valence-electron chi connectivity index (χ3n) is 3.81. The lowest BCUT2D eigenvalue weighted by molar-refractivity contribution is 0.678. The van der Waals surface area contributed by atoms with Crippen molar-refractivity contribution in [3.8, 4) is 23.7 Å². The summed E-state index contributed by atoms with van der Waals surface area (Å²) in [6, 6.07) is 1.90. The van der Waals surface area contributed by atoms with Crippen LogP contribution in [0.2, 0.25) is 5.02 Å². The molecule has 1 fully saturated rings. The van der Waals surface area contributed by atoms with Crippen LogP contribution in [0, 0.1) is 29.6 Å². The molecule has 2 aliphatic carbocycles. The second kappa shape index (κ2) is 4.89. The van der Waals surface area contributed by atoms with Gasteiger partial charge in [-0.2, -0.15) is 0 Å². The van der Waals surface area contributed by atoms with Gasteiger partial charge < -0.3 is 5.73 Å². The summed E-state index contributed by atoms with van der Waals surface area (Å²) in [5.74, 6) is 12.6. The lowest BCUT2D eigenvalue weighted by atomic mass is 10.0. The van der Waals surface area contributed by atoms with E-state index in [1.165, 1.54) is 0 Å². The van der Waals surface area contributed by atoms with Crippen LogP contribution >= 0.6 is 11.6 Å². The largest absolute Gasteiger partial charge is 0.330 e. The van der Waals surface area contributed by atoms with Crippen molar-refractivity contribution in [3.63, 3.8) is 0 Å². The smallest absolute Gasteiger partial charge is 0.0824 e. The number of nitrogens with two attached hydrogens (primary N) is 1. The van der Waals surface area contributed by atoms with Crippen LogP contribution in [0.5, 0.6) is 0 Å². The molecule has 2 aliphatic rings. The van der Waals surface area contributed by atoms with E-state index >= 15 is 0 Å². The van der Waals surface area contributed by atoms with E-state index in [2.05, 4.69) is 28.7 Å². The van der Waals surface area contributed by atoms with Crippen molar-refractivity contribution in [1.29, 1.82) is 0 Å². The second-order valence-electron chi connectivity index (χ2n) is 5.22. The van der Waals surface area contributed by atoms with Gasteiger partial charge in [0.25, 0.3) is 0 Å². The Balaban J connectivity index is 1.82. The van der Waals surface area contributed by atoms with Gasteiger partial charge >= 0.3 is 0 Å². The first-order valence-corrected chi connectivity index (χ1v) is 6.97. The summed E-state index contributed by atoms with van der Waals surface area (Å²) in [5.41, 5.74) is 7.63. The number of aromatic nitrogens is 1. The highest BCUT2D eigenvalue weighted by Gasteiger charge is 2.45. The third kappa shape index (κ3) is 2.47. The molecule has 2 N–H and O–H groups in total. The van der Waals surface area contributed by atoms with E-state index < -0.39 is 0 Å². The van der Waals surface area contributed by atoms with Gasteiger partial charge in [-0.1, -0.05) is 29.4 Å². The second-order valence-corrected chi connectivity index (χ2v) is 5.63. The monoisotopic (exact) mass is 270 g/mol. The number of hydrogen-bond donors (Lipinski definition) is 1. The van der Waals surface area contributed by atoms with E-state index in [4.69, 9.17) is 17.3 Å². The molecule has 1 atom stereocenters. The molecule has 3 rings (SSSR count). The van der Waals surface area contributed by atoms with Crippen molar-refractivity contribution in [2.24, 2.45) is 11.7 Å². The zero-order valence-electron chi connectivity index (χ0n) is 10.7. The topological polar surface area (TPSA) is 38.9 Å². The minimum absolute atomic E-state index is 0.0277. The molecule has 1 aromatic rings. The van der Waals surface area contributed by atoms with E-state index in [-0.39, 0.29) is 11.3 Å². The molecule has 1 heterocycles. The van der Waals surface area contributed by atoms with Crippen molar-refractivity contribution in [1.82, 2.24) is 4.98 Å². The highest BCUT2D eigenvalue weighted by molar-refractivity contribution is 6.31. The molecule has 3 heteroatoms. The summed E-state index contributed by atoms with van der Waals surface area (Å²) in [4.78, 5) is 4.48. The van der Waals surface area contributed by atoms with Gasteiger partial charge in [0, 0.05) is 30.1 Å². The number of hydrogen-bond acceptors (Lipinski definition) is 2. The van der Waals surface area contributed by atoms with Gasteiger partial charge in [-0.05, 0) is 25.3 Å². The average Bonchev–Trinajstić information content (AvgIpc) is 3.04. The normalized spacial score (nSPS) is 22.1. The van der Waals surface area contributed by atoms with Crippen molar-refractivity contribution >= 4 is 11.6 Å². The number of rotatable bonds is 2. The lowest BCUT2D eigenvalue weighted by Crippen LogP contribution is -2.21. The highest BCUT2D eigenvalue weighted by Crippen LogP contribution is 2.48. The highest BCUT2D eigenvalue weighted by atomic mass is 35.5. The molecule has 2 nitrogen and oxygen atoms in total. The zero-order valence-corrected chi connectivity index (χ0v) is 11.4. The van der Waals surface area contributed by atoms with Crippen LogP contribution in [0.3, 0.4) is 0 Å². The van der Waals surface area contributed by atoms with E-state index in [0.717, 1.165) is 36.9 Å². The van der Waals surface area contributed by atoms with Gasteiger partial charge in [-0.25, -0.2) is 0 Å². The minimum atomic E-state index is 0.0277. The Bertz CT molecular complexity index is 624. The molecule has 19 heavy (non-hydrogen) atoms. The zero-order chi connectivity index (χ0) is 13.3. The van der Waals surface area contributed by atoms with E-state index in [1.807, 2.05) is 6.07 Å². The fraction of sp³-hybridized carbons (Fsp3) is 0.438. The fourth-order valence-electron chi connectivity index (χ4n) is 2.35. The van der Waals surface area contributed by atoms with Crippen molar-refractivity contribution in [2.75, 3.05) is 6.54 Å². The maximum absolute atomic E-state index is 6.31. The Morgan fingerprint density at radius 3 is 2.95 bits per heavy atom. The molecule has 0 spiro atoms. The fourth-order valence-corrected chi connectivity index (χ4v) is 2.71. The van der Waals surface area contributed by atoms with Crippen LogP contribution < -0.4 is 5.73 Å². The summed E-state index contributed by atoms with van der Waals surface area (Å²) >= 11 is 6.31.